The predicted octanol–water partition coefficient (Wildman–Crippen LogP) is 4.25. The van der Waals surface area contributed by atoms with Gasteiger partial charge in [-0.3, -0.25) is 0 Å². The van der Waals surface area contributed by atoms with Gasteiger partial charge < -0.3 is 14.8 Å². The number of rotatable bonds is 7. The van der Waals surface area contributed by atoms with Crippen LogP contribution in [0.25, 0.3) is 0 Å². The molecule has 2 aromatic carbocycles. The van der Waals surface area contributed by atoms with E-state index >= 15 is 0 Å². The van der Waals surface area contributed by atoms with E-state index in [1.54, 1.807) is 7.11 Å². The summed E-state index contributed by atoms with van der Waals surface area (Å²) in [5, 5.41) is 3.67. The zero-order chi connectivity index (χ0) is 16.1. The van der Waals surface area contributed by atoms with E-state index in [4.69, 9.17) is 9.47 Å². The number of ether oxygens (including phenoxy) is 2. The number of methoxy groups -OCH3 is 1. The van der Waals surface area contributed by atoms with E-state index in [2.05, 4.69) is 51.6 Å². The summed E-state index contributed by atoms with van der Waals surface area (Å²) in [6.45, 7) is 2.07. The molecule has 0 aromatic heterocycles. The van der Waals surface area contributed by atoms with Crippen molar-refractivity contribution in [3.05, 3.63) is 63.6 Å². The Labute approximate surface area is 146 Å². The number of hydrogen-bond acceptors (Lipinski definition) is 3. The van der Waals surface area contributed by atoms with Crippen molar-refractivity contribution in [3.63, 3.8) is 0 Å². The van der Waals surface area contributed by atoms with Crippen molar-refractivity contribution in [2.75, 3.05) is 20.3 Å². The van der Waals surface area contributed by atoms with Crippen LogP contribution in [0.1, 0.15) is 29.2 Å². The van der Waals surface area contributed by atoms with Crippen molar-refractivity contribution >= 4 is 15.9 Å². The fraction of sp³-hybridized carbons (Fsp3) is 0.368. The maximum absolute atomic E-state index is 5.59. The molecule has 122 valence electrons. The summed E-state index contributed by atoms with van der Waals surface area (Å²) in [6, 6.07) is 15.2. The molecule has 1 atom stereocenters. The molecule has 3 rings (SSSR count). The number of hydrogen-bond donors (Lipinski definition) is 1. The van der Waals surface area contributed by atoms with Crippen LogP contribution >= 0.6 is 15.9 Å². The second-order valence-corrected chi connectivity index (χ2v) is 6.62. The van der Waals surface area contributed by atoms with Crippen LogP contribution in [0.4, 0.5) is 0 Å². The molecule has 1 aliphatic carbocycles. The Balaban J connectivity index is 1.55. The minimum atomic E-state index is 0.445. The highest BCUT2D eigenvalue weighted by Crippen LogP contribution is 2.35. The zero-order valence-corrected chi connectivity index (χ0v) is 14.9. The summed E-state index contributed by atoms with van der Waals surface area (Å²) in [7, 11) is 1.68. The van der Waals surface area contributed by atoms with Crippen LogP contribution in [0.2, 0.25) is 0 Å². The Hall–Kier alpha value is -1.36. The lowest BCUT2D eigenvalue weighted by Crippen LogP contribution is -2.18. The van der Waals surface area contributed by atoms with Gasteiger partial charge in [0.05, 0.1) is 6.61 Å². The lowest BCUT2D eigenvalue weighted by Gasteiger charge is -2.14. The highest BCUT2D eigenvalue weighted by atomic mass is 79.9. The lowest BCUT2D eigenvalue weighted by molar-refractivity contribution is 0.146. The van der Waals surface area contributed by atoms with Crippen molar-refractivity contribution in [2.24, 2.45) is 0 Å². The fourth-order valence-corrected chi connectivity index (χ4v) is 3.59. The molecule has 1 unspecified atom stereocenters. The third kappa shape index (κ3) is 4.14. The van der Waals surface area contributed by atoms with Gasteiger partial charge in [0.15, 0.2) is 0 Å². The van der Waals surface area contributed by atoms with E-state index in [0.717, 1.165) is 25.1 Å². The molecule has 0 radical (unpaired) electrons. The number of nitrogens with one attached hydrogen (secondary N) is 1. The summed E-state index contributed by atoms with van der Waals surface area (Å²) in [6.07, 6.45) is 2.30. The molecule has 0 heterocycles. The monoisotopic (exact) mass is 375 g/mol. The predicted molar refractivity (Wildman–Crippen MR) is 95.9 cm³/mol. The normalized spacial score (nSPS) is 16.3. The summed E-state index contributed by atoms with van der Waals surface area (Å²) >= 11 is 3.65. The van der Waals surface area contributed by atoms with Gasteiger partial charge >= 0.3 is 0 Å². The van der Waals surface area contributed by atoms with Gasteiger partial charge in [-0.05, 0) is 47.7 Å². The molecule has 2 aromatic rings. The average molecular weight is 376 g/mol. The van der Waals surface area contributed by atoms with E-state index in [1.807, 2.05) is 12.1 Å². The molecule has 1 N–H and O–H groups in total. The Morgan fingerprint density at radius 3 is 2.74 bits per heavy atom. The van der Waals surface area contributed by atoms with Gasteiger partial charge in [0, 0.05) is 24.2 Å². The van der Waals surface area contributed by atoms with Crippen LogP contribution in [0.3, 0.4) is 0 Å². The maximum Gasteiger partial charge on any atom is 0.119 e. The SMILES string of the molecule is COCCOc1ccc(CNC2CCc3c(Br)cccc32)cc1. The Kier molecular flexibility index (Phi) is 5.70. The van der Waals surface area contributed by atoms with Crippen molar-refractivity contribution in [1.82, 2.24) is 5.32 Å². The molecule has 0 saturated heterocycles. The zero-order valence-electron chi connectivity index (χ0n) is 13.3. The average Bonchev–Trinajstić information content (AvgIpc) is 2.99. The quantitative estimate of drug-likeness (QED) is 0.733. The van der Waals surface area contributed by atoms with Crippen molar-refractivity contribution in [3.8, 4) is 5.75 Å². The number of halogens is 1. The van der Waals surface area contributed by atoms with Crippen LogP contribution < -0.4 is 10.1 Å². The van der Waals surface area contributed by atoms with E-state index < -0.39 is 0 Å². The summed E-state index contributed by atoms with van der Waals surface area (Å²) in [5.41, 5.74) is 4.15. The molecule has 0 aliphatic heterocycles. The molecule has 0 saturated carbocycles. The molecular formula is C19H22BrNO2. The Morgan fingerprint density at radius 2 is 1.96 bits per heavy atom. The Bertz CT molecular complexity index is 642. The second kappa shape index (κ2) is 7.95. The molecule has 0 amide bonds. The standard InChI is InChI=1S/C19H22BrNO2/c1-22-11-12-23-15-7-5-14(6-8-15)13-21-19-10-9-16-17(19)3-2-4-18(16)20/h2-8,19,21H,9-13H2,1H3. The molecular weight excluding hydrogens is 354 g/mol. The first-order valence-corrected chi connectivity index (χ1v) is 8.78. The van der Waals surface area contributed by atoms with Crippen LogP contribution in [-0.2, 0) is 17.7 Å². The molecule has 0 spiro atoms. The summed E-state index contributed by atoms with van der Waals surface area (Å²) in [5.74, 6) is 0.890. The van der Waals surface area contributed by atoms with Crippen molar-refractivity contribution in [2.45, 2.75) is 25.4 Å². The van der Waals surface area contributed by atoms with E-state index in [1.165, 1.54) is 21.2 Å². The highest BCUT2D eigenvalue weighted by molar-refractivity contribution is 9.10. The fourth-order valence-electron chi connectivity index (χ4n) is 3.01. The van der Waals surface area contributed by atoms with Gasteiger partial charge in [0.25, 0.3) is 0 Å². The first kappa shape index (κ1) is 16.5. The van der Waals surface area contributed by atoms with Crippen LogP contribution in [-0.4, -0.2) is 20.3 Å². The van der Waals surface area contributed by atoms with E-state index in [0.29, 0.717) is 19.3 Å². The first-order chi connectivity index (χ1) is 11.3. The molecule has 4 heteroatoms. The van der Waals surface area contributed by atoms with E-state index in [-0.39, 0.29) is 0 Å². The highest BCUT2D eigenvalue weighted by Gasteiger charge is 2.23. The third-order valence-corrected chi connectivity index (χ3v) is 4.99. The van der Waals surface area contributed by atoms with Gasteiger partial charge in [-0.15, -0.1) is 0 Å². The smallest absolute Gasteiger partial charge is 0.119 e. The minimum absolute atomic E-state index is 0.445. The van der Waals surface area contributed by atoms with Gasteiger partial charge in [-0.25, -0.2) is 0 Å². The van der Waals surface area contributed by atoms with Gasteiger partial charge in [0.2, 0.25) is 0 Å². The first-order valence-electron chi connectivity index (χ1n) is 7.99. The minimum Gasteiger partial charge on any atom is -0.491 e. The van der Waals surface area contributed by atoms with Crippen molar-refractivity contribution < 1.29 is 9.47 Å². The molecule has 23 heavy (non-hydrogen) atoms. The van der Waals surface area contributed by atoms with Crippen LogP contribution in [0, 0.1) is 0 Å². The lowest BCUT2D eigenvalue weighted by atomic mass is 10.1. The van der Waals surface area contributed by atoms with Gasteiger partial charge in [-0.1, -0.05) is 40.2 Å². The van der Waals surface area contributed by atoms with Crippen molar-refractivity contribution in [1.29, 1.82) is 0 Å². The van der Waals surface area contributed by atoms with Crippen LogP contribution in [0.15, 0.2) is 46.9 Å². The topological polar surface area (TPSA) is 30.5 Å². The number of benzene rings is 2. The molecule has 0 bridgehead atoms. The largest absolute Gasteiger partial charge is 0.491 e. The summed E-state index contributed by atoms with van der Waals surface area (Å²) in [4.78, 5) is 0. The molecule has 0 fully saturated rings. The molecule has 3 nitrogen and oxygen atoms in total. The van der Waals surface area contributed by atoms with Gasteiger partial charge in [0.1, 0.15) is 12.4 Å². The third-order valence-electron chi connectivity index (χ3n) is 4.25. The van der Waals surface area contributed by atoms with Gasteiger partial charge in [-0.2, -0.15) is 0 Å². The second-order valence-electron chi connectivity index (χ2n) is 5.76. The van der Waals surface area contributed by atoms with Crippen LogP contribution in [0.5, 0.6) is 5.75 Å². The Morgan fingerprint density at radius 1 is 1.13 bits per heavy atom. The molecule has 1 aliphatic rings. The number of fused-ring (bicyclic) bond motifs is 1. The van der Waals surface area contributed by atoms with E-state index in [9.17, 15) is 0 Å². The maximum atomic E-state index is 5.59. The summed E-state index contributed by atoms with van der Waals surface area (Å²) < 4.78 is 11.8.